The molecule has 0 fully saturated rings. The maximum Gasteiger partial charge on any atom is 0.280 e. The molecule has 1 aromatic rings. The fourth-order valence-corrected chi connectivity index (χ4v) is 2.98. The summed E-state index contributed by atoms with van der Waals surface area (Å²) in [5.74, 6) is 0. The maximum absolute atomic E-state index is 11.5. The molecule has 0 aliphatic carbocycles. The van der Waals surface area contributed by atoms with E-state index in [4.69, 9.17) is 0 Å². The van der Waals surface area contributed by atoms with Crippen molar-refractivity contribution in [3.05, 3.63) is 53.3 Å². The van der Waals surface area contributed by atoms with E-state index in [-0.39, 0.29) is 11.1 Å². The van der Waals surface area contributed by atoms with Crippen LogP contribution in [0, 0.1) is 10.4 Å². The maximum atomic E-state index is 11.5. The molecule has 0 spiro atoms. The Labute approximate surface area is 101 Å². The van der Waals surface area contributed by atoms with Crippen molar-refractivity contribution < 1.29 is 0 Å². The van der Waals surface area contributed by atoms with Gasteiger partial charge in [-0.15, -0.1) is 11.3 Å². The molecule has 0 N–H and O–H groups in total. The van der Waals surface area contributed by atoms with E-state index in [0.717, 1.165) is 8.66 Å². The summed E-state index contributed by atoms with van der Waals surface area (Å²) in [5.41, 5.74) is -0.327. The van der Waals surface area contributed by atoms with Crippen LogP contribution in [0.15, 0.2) is 31.7 Å². The van der Waals surface area contributed by atoms with Crippen molar-refractivity contribution in [2.24, 2.45) is 0 Å². The second kappa shape index (κ2) is 3.29. The number of rotatable bonds is 1. The molecule has 0 saturated carbocycles. The van der Waals surface area contributed by atoms with Crippen LogP contribution in [0.2, 0.25) is 0 Å². The molecule has 0 aromatic carbocycles. The molecule has 0 radical (unpaired) electrons. The Morgan fingerprint density at radius 1 is 1.19 bits per heavy atom. The summed E-state index contributed by atoms with van der Waals surface area (Å²) in [5, 5.41) is 0.642. The van der Waals surface area contributed by atoms with Crippen molar-refractivity contribution in [1.29, 1.82) is 0 Å². The van der Waals surface area contributed by atoms with Gasteiger partial charge in [-0.3, -0.25) is 9.59 Å². The van der Waals surface area contributed by atoms with E-state index in [2.05, 4.69) is 25.9 Å². The van der Waals surface area contributed by atoms with Gasteiger partial charge in [-0.2, -0.15) is 0 Å². The molecule has 78 valence electrons. The lowest BCUT2D eigenvalue weighted by Crippen LogP contribution is -2.01. The molecule has 0 bridgehead atoms. The predicted molar refractivity (Wildman–Crippen MR) is 63.3 cm³/mol. The predicted octanol–water partition coefficient (Wildman–Crippen LogP) is 1.29. The van der Waals surface area contributed by atoms with Gasteiger partial charge in [0.25, 0.3) is 11.1 Å². The third-order valence-corrected chi connectivity index (χ3v) is 3.91. The molecule has 4 nitrogen and oxygen atoms in total. The minimum absolute atomic E-state index is 0.310. The van der Waals surface area contributed by atoms with Crippen molar-refractivity contribution in [2.45, 2.75) is 0 Å². The van der Waals surface area contributed by atoms with E-state index >= 15 is 0 Å². The van der Waals surface area contributed by atoms with Crippen LogP contribution in [-0.4, -0.2) is 9.97 Å². The molecule has 2 aliphatic heterocycles. The van der Waals surface area contributed by atoms with Gasteiger partial charge < -0.3 is 0 Å². The second-order valence-corrected chi connectivity index (χ2v) is 5.68. The molecular formula is C10H3BrN2O2S. The molecule has 2 aliphatic rings. The molecule has 0 atom stereocenters. The summed E-state index contributed by atoms with van der Waals surface area (Å²) >= 11 is 4.76. The van der Waals surface area contributed by atoms with Gasteiger partial charge in [0, 0.05) is 6.20 Å². The normalized spacial score (nSPS) is 11.3. The van der Waals surface area contributed by atoms with E-state index in [0.29, 0.717) is 16.1 Å². The smallest absolute Gasteiger partial charge is 0.267 e. The molecule has 3 rings (SSSR count). The Morgan fingerprint density at radius 3 is 2.69 bits per heavy atom. The van der Waals surface area contributed by atoms with Crippen LogP contribution >= 0.6 is 27.3 Å². The summed E-state index contributed by atoms with van der Waals surface area (Å²) in [4.78, 5) is 31.3. The van der Waals surface area contributed by atoms with Gasteiger partial charge in [0.1, 0.15) is 0 Å². The minimum atomic E-state index is -0.385. The Hall–Kier alpha value is -1.40. The monoisotopic (exact) mass is 294 g/mol. The number of aromatic nitrogens is 2. The Morgan fingerprint density at radius 2 is 2.00 bits per heavy atom. The Bertz CT molecular complexity index is 814. The molecule has 0 amide bonds. The highest BCUT2D eigenvalue weighted by molar-refractivity contribution is 9.11. The number of thiophene rings is 1. The van der Waals surface area contributed by atoms with Gasteiger partial charge in [0.2, 0.25) is 0 Å². The van der Waals surface area contributed by atoms with Crippen molar-refractivity contribution in [3.63, 3.8) is 0 Å². The highest BCUT2D eigenvalue weighted by Crippen LogP contribution is 2.29. The Kier molecular flexibility index (Phi) is 2.02. The molecule has 0 saturated heterocycles. The molecular weight excluding hydrogens is 292 g/mol. The molecule has 1 aromatic heterocycles. The Balaban J connectivity index is 2.48. The summed E-state index contributed by atoms with van der Waals surface area (Å²) in [6, 6.07) is 3.67. The van der Waals surface area contributed by atoms with Crippen LogP contribution < -0.4 is 11.1 Å². The quantitative estimate of drug-likeness (QED) is 0.678. The molecule has 3 heterocycles. The number of hydrogen-bond acceptors (Lipinski definition) is 5. The second-order valence-electron chi connectivity index (χ2n) is 3.22. The van der Waals surface area contributed by atoms with Crippen molar-refractivity contribution in [2.75, 3.05) is 0 Å². The van der Waals surface area contributed by atoms with E-state index in [1.54, 1.807) is 0 Å². The topological polar surface area (TPSA) is 59.9 Å². The van der Waals surface area contributed by atoms with Gasteiger partial charge in [0.05, 0.1) is 24.8 Å². The largest absolute Gasteiger partial charge is 0.280 e. The zero-order valence-corrected chi connectivity index (χ0v) is 10.1. The van der Waals surface area contributed by atoms with Crippen molar-refractivity contribution in [3.8, 4) is 10.6 Å². The lowest BCUT2D eigenvalue weighted by Gasteiger charge is -1.87. The van der Waals surface area contributed by atoms with E-state index in [1.165, 1.54) is 17.5 Å². The first-order valence-electron chi connectivity index (χ1n) is 4.38. The van der Waals surface area contributed by atoms with E-state index in [9.17, 15) is 9.59 Å². The third-order valence-electron chi connectivity index (χ3n) is 2.28. The summed E-state index contributed by atoms with van der Waals surface area (Å²) < 4.78 is 0.929. The fourth-order valence-electron chi connectivity index (χ4n) is 1.60. The average Bonchev–Trinajstić information content (AvgIpc) is 2.88. The van der Waals surface area contributed by atoms with Crippen LogP contribution in [0.5, 0.6) is 0 Å². The van der Waals surface area contributed by atoms with Crippen molar-refractivity contribution >= 4 is 27.3 Å². The van der Waals surface area contributed by atoms with Crippen LogP contribution in [0.3, 0.4) is 0 Å². The lowest BCUT2D eigenvalue weighted by atomic mass is 10.3. The molecule has 0 unspecified atom stereocenters. The van der Waals surface area contributed by atoms with Gasteiger partial charge in [-0.25, -0.2) is 9.97 Å². The van der Waals surface area contributed by atoms with Gasteiger partial charge in [-0.1, -0.05) is 0 Å². The lowest BCUT2D eigenvalue weighted by molar-refractivity contribution is 1.23. The number of halogens is 1. The first-order chi connectivity index (χ1) is 7.66. The van der Waals surface area contributed by atoms with Crippen LogP contribution in [0.25, 0.3) is 10.6 Å². The zero-order chi connectivity index (χ0) is 11.3. The molecule has 6 heteroatoms. The minimum Gasteiger partial charge on any atom is -0.267 e. The van der Waals surface area contributed by atoms with E-state index in [1.807, 2.05) is 12.1 Å². The first-order valence-corrected chi connectivity index (χ1v) is 5.99. The van der Waals surface area contributed by atoms with Crippen molar-refractivity contribution in [1.82, 2.24) is 9.97 Å². The summed E-state index contributed by atoms with van der Waals surface area (Å²) in [7, 11) is 0. The summed E-state index contributed by atoms with van der Waals surface area (Å²) in [6.45, 7) is 0. The van der Waals surface area contributed by atoms with Gasteiger partial charge in [0.15, 0.2) is 0 Å². The standard InChI is InChI=1S/C10H3BrN2O2S/c11-6-2-1-5(16-6)8-7-4(9(14)13-8)3-12-10(7)15/h1-3H. The highest BCUT2D eigenvalue weighted by Gasteiger charge is 2.14. The fraction of sp³-hybridized carbons (Fsp3) is 0. The summed E-state index contributed by atoms with van der Waals surface area (Å²) in [6.07, 6.45) is 1.29. The van der Waals surface area contributed by atoms with E-state index < -0.39 is 0 Å². The van der Waals surface area contributed by atoms with Gasteiger partial charge in [-0.05, 0) is 28.1 Å². The average molecular weight is 295 g/mol. The number of nitrogens with zero attached hydrogens (tertiary/aromatic N) is 2. The molecule has 16 heavy (non-hydrogen) atoms. The van der Waals surface area contributed by atoms with Crippen LogP contribution in [-0.2, 0) is 0 Å². The highest BCUT2D eigenvalue weighted by atomic mass is 79.9. The van der Waals surface area contributed by atoms with Crippen LogP contribution in [0.1, 0.15) is 0 Å². The number of hydrogen-bond donors (Lipinski definition) is 0. The third kappa shape index (κ3) is 1.27. The van der Waals surface area contributed by atoms with Gasteiger partial charge >= 0.3 is 0 Å². The zero-order valence-electron chi connectivity index (χ0n) is 7.73. The SMILES string of the molecule is O=c1nc(-c2ccc(Br)s2)c2c(=O)ncc1=2. The van der Waals surface area contributed by atoms with Crippen LogP contribution in [0.4, 0.5) is 0 Å². The first kappa shape index (κ1) is 9.80.